The normalized spacial score (nSPS) is 16.7. The first-order valence-corrected chi connectivity index (χ1v) is 5.89. The van der Waals surface area contributed by atoms with Crippen LogP contribution in [-0.4, -0.2) is 13.7 Å². The van der Waals surface area contributed by atoms with Crippen LogP contribution in [0.25, 0.3) is 0 Å². The fourth-order valence-electron chi connectivity index (χ4n) is 2.06. The van der Waals surface area contributed by atoms with E-state index in [-0.39, 0.29) is 5.82 Å². The van der Waals surface area contributed by atoms with Crippen LogP contribution in [0.4, 0.5) is 4.39 Å². The zero-order valence-corrected chi connectivity index (χ0v) is 10.3. The summed E-state index contributed by atoms with van der Waals surface area (Å²) in [6.07, 6.45) is 3.80. The Labute approximate surface area is 106 Å². The van der Waals surface area contributed by atoms with Crippen LogP contribution in [0.15, 0.2) is 30.0 Å². The van der Waals surface area contributed by atoms with Crippen molar-refractivity contribution >= 4 is 0 Å². The summed E-state index contributed by atoms with van der Waals surface area (Å²) < 4.78 is 24.7. The Morgan fingerprint density at radius 1 is 1.50 bits per heavy atom. The third-order valence-electron chi connectivity index (χ3n) is 2.94. The molecule has 0 bridgehead atoms. The lowest BCUT2D eigenvalue weighted by atomic mass is 10.0. The molecule has 3 N–H and O–H groups in total. The van der Waals surface area contributed by atoms with Gasteiger partial charge >= 0.3 is 0 Å². The van der Waals surface area contributed by atoms with Gasteiger partial charge in [-0.05, 0) is 31.1 Å². The number of halogens is 1. The average Bonchev–Trinajstić information content (AvgIpc) is 2.42. The molecule has 0 saturated carbocycles. The van der Waals surface area contributed by atoms with Gasteiger partial charge < -0.3 is 9.47 Å². The summed E-state index contributed by atoms with van der Waals surface area (Å²) in [6, 6.07) is 4.15. The summed E-state index contributed by atoms with van der Waals surface area (Å²) in [5, 5.41) is 0. The highest BCUT2D eigenvalue weighted by atomic mass is 19.1. The summed E-state index contributed by atoms with van der Waals surface area (Å²) >= 11 is 0. The highest BCUT2D eigenvalue weighted by Gasteiger charge is 2.25. The smallest absolute Gasteiger partial charge is 0.132 e. The molecule has 0 aliphatic carbocycles. The number of hydrazine groups is 1. The minimum Gasteiger partial charge on any atom is -0.496 e. The lowest BCUT2D eigenvalue weighted by Crippen LogP contribution is -2.32. The Hall–Kier alpha value is -1.59. The van der Waals surface area contributed by atoms with Gasteiger partial charge in [0.15, 0.2) is 0 Å². The first-order chi connectivity index (χ1) is 8.77. The van der Waals surface area contributed by atoms with Crippen LogP contribution in [0.3, 0.4) is 0 Å². The van der Waals surface area contributed by atoms with Crippen LogP contribution >= 0.6 is 0 Å². The van der Waals surface area contributed by atoms with E-state index in [1.807, 2.05) is 6.08 Å². The number of allylic oxidation sites excluding steroid dienone is 1. The topological polar surface area (TPSA) is 56.5 Å². The number of hydrogen-bond donors (Lipinski definition) is 2. The van der Waals surface area contributed by atoms with E-state index in [2.05, 4.69) is 5.43 Å². The van der Waals surface area contributed by atoms with Crippen LogP contribution < -0.4 is 16.0 Å². The number of methoxy groups -OCH3 is 1. The van der Waals surface area contributed by atoms with Gasteiger partial charge in [-0.3, -0.25) is 5.84 Å². The molecule has 0 saturated heterocycles. The van der Waals surface area contributed by atoms with Crippen LogP contribution in [0.1, 0.15) is 24.4 Å². The number of nitrogens with one attached hydrogen (secondary N) is 1. The summed E-state index contributed by atoms with van der Waals surface area (Å²) in [7, 11) is 1.50. The molecular weight excluding hydrogens is 235 g/mol. The van der Waals surface area contributed by atoms with Gasteiger partial charge in [-0.25, -0.2) is 9.82 Å². The van der Waals surface area contributed by atoms with E-state index in [1.54, 1.807) is 12.1 Å². The maximum Gasteiger partial charge on any atom is 0.132 e. The van der Waals surface area contributed by atoms with Gasteiger partial charge in [0.25, 0.3) is 0 Å². The van der Waals surface area contributed by atoms with Gasteiger partial charge in [0, 0.05) is 0 Å². The third-order valence-corrected chi connectivity index (χ3v) is 2.94. The molecule has 98 valence electrons. The van der Waals surface area contributed by atoms with Crippen molar-refractivity contribution in [2.24, 2.45) is 5.84 Å². The summed E-state index contributed by atoms with van der Waals surface area (Å²) in [5.41, 5.74) is 2.96. The Bertz CT molecular complexity index is 449. The molecule has 0 fully saturated rings. The molecule has 1 aliphatic rings. The van der Waals surface area contributed by atoms with Crippen molar-refractivity contribution in [3.05, 3.63) is 41.4 Å². The lowest BCUT2D eigenvalue weighted by molar-refractivity contribution is 0.166. The second-order valence-electron chi connectivity index (χ2n) is 4.05. The molecule has 0 spiro atoms. The predicted octanol–water partition coefficient (Wildman–Crippen LogP) is 2.03. The first kappa shape index (κ1) is 12.9. The monoisotopic (exact) mass is 252 g/mol. The van der Waals surface area contributed by atoms with E-state index in [0.29, 0.717) is 23.7 Å². The Morgan fingerprint density at radius 2 is 2.33 bits per heavy atom. The van der Waals surface area contributed by atoms with Crippen molar-refractivity contribution in [2.75, 3.05) is 13.7 Å². The molecule has 2 rings (SSSR count). The molecule has 1 unspecified atom stereocenters. The second kappa shape index (κ2) is 5.84. The largest absolute Gasteiger partial charge is 0.496 e. The zero-order chi connectivity index (χ0) is 13.0. The number of nitrogens with two attached hydrogens (primary N) is 1. The van der Waals surface area contributed by atoms with Crippen molar-refractivity contribution in [1.29, 1.82) is 0 Å². The van der Waals surface area contributed by atoms with Gasteiger partial charge in [-0.1, -0.05) is 6.07 Å². The molecule has 0 aromatic heterocycles. The maximum atomic E-state index is 14.0. The van der Waals surface area contributed by atoms with Gasteiger partial charge in [0.1, 0.15) is 23.4 Å². The summed E-state index contributed by atoms with van der Waals surface area (Å²) in [6.45, 7) is 0.626. The van der Waals surface area contributed by atoms with E-state index in [0.717, 1.165) is 12.8 Å². The van der Waals surface area contributed by atoms with E-state index in [4.69, 9.17) is 15.3 Å². The van der Waals surface area contributed by atoms with Crippen LogP contribution in [0.5, 0.6) is 5.75 Å². The molecule has 1 atom stereocenters. The SMILES string of the molecule is COc1cccc(F)c1C(NN)C1=CCCCO1. The molecule has 1 heterocycles. The molecule has 18 heavy (non-hydrogen) atoms. The van der Waals surface area contributed by atoms with Gasteiger partial charge in [-0.15, -0.1) is 0 Å². The van der Waals surface area contributed by atoms with Crippen molar-refractivity contribution in [1.82, 2.24) is 5.43 Å². The minimum absolute atomic E-state index is 0.368. The van der Waals surface area contributed by atoms with Crippen molar-refractivity contribution < 1.29 is 13.9 Å². The maximum absolute atomic E-state index is 14.0. The van der Waals surface area contributed by atoms with E-state index in [9.17, 15) is 4.39 Å². The van der Waals surface area contributed by atoms with E-state index < -0.39 is 6.04 Å². The average molecular weight is 252 g/mol. The van der Waals surface area contributed by atoms with Crippen LogP contribution in [-0.2, 0) is 4.74 Å². The molecular formula is C13H17FN2O2. The second-order valence-corrected chi connectivity index (χ2v) is 4.05. The molecule has 1 aromatic rings. The number of ether oxygens (including phenoxy) is 2. The lowest BCUT2D eigenvalue weighted by Gasteiger charge is -2.25. The van der Waals surface area contributed by atoms with Crippen LogP contribution in [0, 0.1) is 5.82 Å². The molecule has 1 aromatic carbocycles. The quantitative estimate of drug-likeness (QED) is 0.636. The number of benzene rings is 1. The summed E-state index contributed by atoms with van der Waals surface area (Å²) in [5.74, 6) is 6.26. The van der Waals surface area contributed by atoms with E-state index >= 15 is 0 Å². The zero-order valence-electron chi connectivity index (χ0n) is 10.3. The van der Waals surface area contributed by atoms with Crippen molar-refractivity contribution in [2.45, 2.75) is 18.9 Å². The van der Waals surface area contributed by atoms with Crippen molar-refractivity contribution in [3.8, 4) is 5.75 Å². The molecule has 0 amide bonds. The van der Waals surface area contributed by atoms with Crippen molar-refractivity contribution in [3.63, 3.8) is 0 Å². The minimum atomic E-state index is -0.526. The fraction of sp³-hybridized carbons (Fsp3) is 0.385. The molecule has 1 aliphatic heterocycles. The third kappa shape index (κ3) is 2.47. The number of rotatable bonds is 4. The molecule has 4 nitrogen and oxygen atoms in total. The van der Waals surface area contributed by atoms with Gasteiger partial charge in [0.2, 0.25) is 0 Å². The van der Waals surface area contributed by atoms with Gasteiger partial charge in [0.05, 0.1) is 19.3 Å². The number of hydrogen-bond acceptors (Lipinski definition) is 4. The standard InChI is InChI=1S/C13H17FN2O2/c1-17-10-7-4-5-9(14)12(10)13(16-15)11-6-2-3-8-18-11/h4-7,13,16H,2-3,8,15H2,1H3. The predicted molar refractivity (Wildman–Crippen MR) is 66.3 cm³/mol. The fourth-order valence-corrected chi connectivity index (χ4v) is 2.06. The van der Waals surface area contributed by atoms with E-state index in [1.165, 1.54) is 13.2 Å². The Kier molecular flexibility index (Phi) is 4.17. The molecule has 5 heteroatoms. The highest BCUT2D eigenvalue weighted by Crippen LogP contribution is 2.33. The first-order valence-electron chi connectivity index (χ1n) is 5.89. The summed E-state index contributed by atoms with van der Waals surface area (Å²) in [4.78, 5) is 0. The highest BCUT2D eigenvalue weighted by molar-refractivity contribution is 5.40. The molecule has 0 radical (unpaired) electrons. The Balaban J connectivity index is 2.40. The van der Waals surface area contributed by atoms with Gasteiger partial charge in [-0.2, -0.15) is 0 Å². The van der Waals surface area contributed by atoms with Crippen LogP contribution in [0.2, 0.25) is 0 Å². The Morgan fingerprint density at radius 3 is 2.94 bits per heavy atom.